The molecular weight excluding hydrogens is 574 g/mol. The van der Waals surface area contributed by atoms with Gasteiger partial charge in [0.25, 0.3) is 0 Å². The van der Waals surface area contributed by atoms with E-state index < -0.39 is 53.7 Å². The van der Waals surface area contributed by atoms with Gasteiger partial charge in [-0.2, -0.15) is 0 Å². The molecule has 10 heteroatoms. The molecule has 0 radical (unpaired) electrons. The molecule has 0 saturated carbocycles. The number of carbonyl (C=O) groups is 4. The second kappa shape index (κ2) is 14.3. The van der Waals surface area contributed by atoms with Gasteiger partial charge in [-0.15, -0.1) is 13.2 Å². The van der Waals surface area contributed by atoms with Crippen LogP contribution in [0.3, 0.4) is 0 Å². The van der Waals surface area contributed by atoms with Gasteiger partial charge in [0, 0.05) is 26.1 Å². The third kappa shape index (κ3) is 6.19. The number of rotatable bonds is 15. The molecule has 1 spiro atoms. The standard InChI is InChI=1S/C35H49N3O7/c1-8-11-17-27(40)36(7)23(6)30(24-15-13-12-14-16-24)44-34(43)28-26-18-19-35(45-26)29(28)32(41)38(25(10-3)21-39)31(35)33(42)37(20-9-2)22(4)5/h8-9,12-16,22-23,25-26,28-31,39H,1-2,10-11,17-21H2,3-7H3/t23-,25-,26-,28+,29+,30+,31-,35+/m0/s1. The number of esters is 1. The molecule has 1 aromatic rings. The minimum absolute atomic E-state index is 0.103. The maximum absolute atomic E-state index is 14.4. The van der Waals surface area contributed by atoms with Crippen LogP contribution in [0.25, 0.3) is 0 Å². The Labute approximate surface area is 267 Å². The summed E-state index contributed by atoms with van der Waals surface area (Å²) in [6.45, 7) is 15.0. The smallest absolute Gasteiger partial charge is 0.313 e. The fourth-order valence-corrected chi connectivity index (χ4v) is 7.42. The van der Waals surface area contributed by atoms with E-state index in [9.17, 15) is 24.3 Å². The zero-order valence-electron chi connectivity index (χ0n) is 27.3. The van der Waals surface area contributed by atoms with Crippen LogP contribution in [0.15, 0.2) is 55.6 Å². The molecule has 10 nitrogen and oxygen atoms in total. The molecule has 45 heavy (non-hydrogen) atoms. The quantitative estimate of drug-likeness (QED) is 0.234. The van der Waals surface area contributed by atoms with Gasteiger partial charge < -0.3 is 29.3 Å². The van der Waals surface area contributed by atoms with E-state index in [1.807, 2.05) is 58.0 Å². The zero-order chi connectivity index (χ0) is 33.1. The summed E-state index contributed by atoms with van der Waals surface area (Å²) in [5, 5.41) is 10.3. The van der Waals surface area contributed by atoms with E-state index >= 15 is 0 Å². The number of ether oxygens (including phenoxy) is 2. The third-order valence-electron chi connectivity index (χ3n) is 9.93. The first-order chi connectivity index (χ1) is 21.5. The largest absolute Gasteiger partial charge is 0.455 e. The lowest BCUT2D eigenvalue weighted by molar-refractivity contribution is -0.165. The van der Waals surface area contributed by atoms with E-state index in [0.29, 0.717) is 25.7 Å². The molecule has 8 atom stereocenters. The number of fused-ring (bicyclic) bond motifs is 1. The Balaban J connectivity index is 1.70. The first-order valence-electron chi connectivity index (χ1n) is 16.1. The average Bonchev–Trinajstić information content (AvgIpc) is 3.68. The Kier molecular flexibility index (Phi) is 10.9. The normalized spacial score (nSPS) is 27.1. The molecule has 2 bridgehead atoms. The van der Waals surface area contributed by atoms with Crippen LogP contribution in [0.1, 0.15) is 71.5 Å². The van der Waals surface area contributed by atoms with Crippen LogP contribution in [0, 0.1) is 11.8 Å². The average molecular weight is 624 g/mol. The molecule has 3 aliphatic rings. The maximum Gasteiger partial charge on any atom is 0.313 e. The van der Waals surface area contributed by atoms with Crippen molar-refractivity contribution in [1.29, 1.82) is 0 Å². The number of likely N-dealkylation sites (N-methyl/N-ethyl adjacent to an activating group) is 1. The van der Waals surface area contributed by atoms with Gasteiger partial charge in [-0.3, -0.25) is 19.2 Å². The fraction of sp³-hybridized carbons (Fsp3) is 0.600. The van der Waals surface area contributed by atoms with Gasteiger partial charge in [0.15, 0.2) is 0 Å². The summed E-state index contributed by atoms with van der Waals surface area (Å²) < 4.78 is 12.9. The van der Waals surface area contributed by atoms with Crippen LogP contribution in [-0.4, -0.2) is 99.6 Å². The van der Waals surface area contributed by atoms with E-state index in [-0.39, 0.29) is 43.3 Å². The van der Waals surface area contributed by atoms with Crippen LogP contribution < -0.4 is 0 Å². The molecule has 0 unspecified atom stereocenters. The lowest BCUT2D eigenvalue weighted by Gasteiger charge is -2.40. The first kappa shape index (κ1) is 34.4. The number of hydrogen-bond acceptors (Lipinski definition) is 7. The van der Waals surface area contributed by atoms with Gasteiger partial charge in [0.1, 0.15) is 17.7 Å². The van der Waals surface area contributed by atoms with Gasteiger partial charge in [-0.25, -0.2) is 0 Å². The highest BCUT2D eigenvalue weighted by atomic mass is 16.6. The number of nitrogens with zero attached hydrogens (tertiary/aromatic N) is 3. The number of likely N-dealkylation sites (tertiary alicyclic amines) is 1. The third-order valence-corrected chi connectivity index (χ3v) is 9.93. The van der Waals surface area contributed by atoms with Crippen LogP contribution in [0.5, 0.6) is 0 Å². The summed E-state index contributed by atoms with van der Waals surface area (Å²) in [5.41, 5.74) is -0.499. The Hall–Kier alpha value is -3.50. The lowest BCUT2D eigenvalue weighted by atomic mass is 9.70. The number of amides is 3. The van der Waals surface area contributed by atoms with Crippen LogP contribution in [-0.2, 0) is 28.7 Å². The molecule has 246 valence electrons. The fourth-order valence-electron chi connectivity index (χ4n) is 7.42. The van der Waals surface area contributed by atoms with E-state index in [4.69, 9.17) is 9.47 Å². The molecule has 1 aromatic carbocycles. The van der Waals surface area contributed by atoms with Gasteiger partial charge in [-0.05, 0) is 52.0 Å². The number of aliphatic hydroxyl groups excluding tert-OH is 1. The molecule has 3 fully saturated rings. The number of benzene rings is 1. The topological polar surface area (TPSA) is 117 Å². The van der Waals surface area contributed by atoms with Crippen LogP contribution in [0.4, 0.5) is 0 Å². The van der Waals surface area contributed by atoms with Crippen LogP contribution in [0.2, 0.25) is 0 Å². The summed E-state index contributed by atoms with van der Waals surface area (Å²) in [6, 6.07) is 6.96. The Morgan fingerprint density at radius 2 is 1.87 bits per heavy atom. The second-order valence-electron chi connectivity index (χ2n) is 12.8. The Morgan fingerprint density at radius 1 is 1.18 bits per heavy atom. The number of hydrogen-bond donors (Lipinski definition) is 1. The summed E-state index contributed by atoms with van der Waals surface area (Å²) in [5.74, 6) is -3.22. The van der Waals surface area contributed by atoms with Crippen molar-refractivity contribution in [3.8, 4) is 0 Å². The molecule has 0 aliphatic carbocycles. The zero-order valence-corrected chi connectivity index (χ0v) is 27.3. The SMILES string of the molecule is C=CCCC(=O)N(C)[C@@H](C)[C@@H](OC(=O)[C@@H]1[C@@H]2CC[C@]3(O2)[C@H](C(=O)N(CC=C)C(C)C)N([C@@H](CC)CO)C(=O)[C@@H]13)c1ccccc1. The predicted octanol–water partition coefficient (Wildman–Crippen LogP) is 3.65. The van der Waals surface area contributed by atoms with Crippen molar-refractivity contribution in [3.05, 3.63) is 61.2 Å². The Bertz CT molecular complexity index is 1260. The number of carbonyl (C=O) groups excluding carboxylic acids is 4. The van der Waals surface area contributed by atoms with E-state index in [1.54, 1.807) is 29.0 Å². The number of aliphatic hydroxyl groups is 1. The van der Waals surface area contributed by atoms with E-state index in [0.717, 1.165) is 5.56 Å². The Morgan fingerprint density at radius 3 is 2.44 bits per heavy atom. The number of allylic oxidation sites excluding steroid dienone is 1. The van der Waals surface area contributed by atoms with E-state index in [1.165, 1.54) is 4.90 Å². The van der Waals surface area contributed by atoms with Crippen molar-refractivity contribution in [2.24, 2.45) is 11.8 Å². The molecule has 3 saturated heterocycles. The van der Waals surface area contributed by atoms with Crippen molar-refractivity contribution in [2.45, 2.75) is 102 Å². The van der Waals surface area contributed by atoms with Gasteiger partial charge in [-0.1, -0.05) is 49.4 Å². The highest BCUT2D eigenvalue weighted by molar-refractivity contribution is 5.98. The van der Waals surface area contributed by atoms with E-state index in [2.05, 4.69) is 13.2 Å². The maximum atomic E-state index is 14.4. The molecule has 1 N–H and O–H groups in total. The molecular formula is C35H49N3O7. The monoisotopic (exact) mass is 623 g/mol. The molecule has 4 rings (SSSR count). The van der Waals surface area contributed by atoms with Crippen molar-refractivity contribution in [2.75, 3.05) is 20.2 Å². The minimum Gasteiger partial charge on any atom is -0.455 e. The van der Waals surface area contributed by atoms with Gasteiger partial charge >= 0.3 is 5.97 Å². The first-order valence-corrected chi connectivity index (χ1v) is 16.1. The minimum atomic E-state index is -1.22. The van der Waals surface area contributed by atoms with Crippen LogP contribution >= 0.6 is 0 Å². The van der Waals surface area contributed by atoms with Crippen molar-refractivity contribution >= 4 is 23.7 Å². The van der Waals surface area contributed by atoms with Crippen molar-refractivity contribution in [1.82, 2.24) is 14.7 Å². The predicted molar refractivity (Wildman–Crippen MR) is 170 cm³/mol. The summed E-state index contributed by atoms with van der Waals surface area (Å²) >= 11 is 0. The summed E-state index contributed by atoms with van der Waals surface area (Å²) in [7, 11) is 1.69. The molecule has 3 heterocycles. The highest BCUT2D eigenvalue weighted by Crippen LogP contribution is 2.59. The van der Waals surface area contributed by atoms with Crippen molar-refractivity contribution in [3.63, 3.8) is 0 Å². The molecule has 0 aromatic heterocycles. The summed E-state index contributed by atoms with van der Waals surface area (Å²) in [4.78, 5) is 60.6. The highest BCUT2D eigenvalue weighted by Gasteiger charge is 2.75. The second-order valence-corrected chi connectivity index (χ2v) is 12.8. The summed E-state index contributed by atoms with van der Waals surface area (Å²) in [6.07, 6.45) is 4.11. The molecule has 3 aliphatic heterocycles. The molecule has 3 amide bonds. The van der Waals surface area contributed by atoms with Gasteiger partial charge in [0.2, 0.25) is 17.7 Å². The lowest BCUT2D eigenvalue weighted by Crippen LogP contribution is -2.59. The van der Waals surface area contributed by atoms with Crippen molar-refractivity contribution < 1.29 is 33.8 Å². The van der Waals surface area contributed by atoms with Gasteiger partial charge in [0.05, 0.1) is 36.6 Å².